The van der Waals surface area contributed by atoms with Crippen LogP contribution in [-0.2, 0) is 11.3 Å². The summed E-state index contributed by atoms with van der Waals surface area (Å²) in [6.07, 6.45) is 0. The number of amides is 2. The Bertz CT molecular complexity index is 1450. The van der Waals surface area contributed by atoms with Crippen molar-refractivity contribution >= 4 is 35.1 Å². The van der Waals surface area contributed by atoms with Gasteiger partial charge in [0.1, 0.15) is 0 Å². The summed E-state index contributed by atoms with van der Waals surface area (Å²) in [6.45, 7) is 1.57. The van der Waals surface area contributed by atoms with E-state index in [0.717, 1.165) is 10.5 Å². The number of halogens is 1. The number of nitrogens with zero attached hydrogens (tertiary/aromatic N) is 3. The molecule has 34 heavy (non-hydrogen) atoms. The van der Waals surface area contributed by atoms with Gasteiger partial charge in [0.2, 0.25) is 5.82 Å². The molecule has 0 unspecified atom stereocenters. The van der Waals surface area contributed by atoms with Gasteiger partial charge in [0.05, 0.1) is 22.4 Å². The topological polar surface area (TPSA) is 103 Å². The van der Waals surface area contributed by atoms with Crippen molar-refractivity contribution in [3.63, 3.8) is 0 Å². The first-order chi connectivity index (χ1) is 16.4. The van der Waals surface area contributed by atoms with Gasteiger partial charge in [0.15, 0.2) is 6.61 Å². The monoisotopic (exact) mass is 473 g/mol. The van der Waals surface area contributed by atoms with Crippen molar-refractivity contribution in [2.45, 2.75) is 13.5 Å². The van der Waals surface area contributed by atoms with E-state index >= 15 is 0 Å². The highest BCUT2D eigenvalue weighted by atomic mass is 35.5. The van der Waals surface area contributed by atoms with Gasteiger partial charge in [0, 0.05) is 10.6 Å². The maximum absolute atomic E-state index is 13.0. The summed E-state index contributed by atoms with van der Waals surface area (Å²) >= 11 is 5.88. The normalized spacial score (nSPS) is 12.7. The number of rotatable bonds is 5. The second-order valence-corrected chi connectivity index (χ2v) is 8.02. The summed E-state index contributed by atoms with van der Waals surface area (Å²) in [4.78, 5) is 43.7. The third-order valence-electron chi connectivity index (χ3n) is 5.38. The maximum Gasteiger partial charge on any atom is 0.338 e. The molecule has 1 aliphatic rings. The van der Waals surface area contributed by atoms with Crippen LogP contribution in [-0.4, -0.2) is 27.9 Å². The standard InChI is InChI=1S/C25H16ClN3O5/c1-14-4-2-3-5-20(14)29-23(30)18-11-8-16(12-19(18)24(29)31)25(32)33-13-21-27-22(28-34-21)15-6-9-17(26)10-7-15/h2-12H,13H2,1H3. The minimum atomic E-state index is -0.691. The fourth-order valence-electron chi connectivity index (χ4n) is 3.64. The smallest absolute Gasteiger partial charge is 0.338 e. The molecule has 0 spiro atoms. The van der Waals surface area contributed by atoms with Gasteiger partial charge < -0.3 is 9.26 Å². The maximum atomic E-state index is 13.0. The van der Waals surface area contributed by atoms with E-state index in [1.54, 1.807) is 36.4 Å². The van der Waals surface area contributed by atoms with Gasteiger partial charge in [-0.15, -0.1) is 0 Å². The number of fused-ring (bicyclic) bond motifs is 1. The predicted octanol–water partition coefficient (Wildman–Crippen LogP) is 4.86. The second kappa shape index (κ2) is 8.57. The molecular formula is C25H16ClN3O5. The summed E-state index contributed by atoms with van der Waals surface area (Å²) in [5.41, 5.74) is 2.49. The van der Waals surface area contributed by atoms with E-state index in [0.29, 0.717) is 22.1 Å². The number of ether oxygens (including phenoxy) is 1. The molecule has 0 saturated carbocycles. The number of anilines is 1. The molecule has 0 bridgehead atoms. The van der Waals surface area contributed by atoms with Crippen LogP contribution in [0.25, 0.3) is 11.4 Å². The largest absolute Gasteiger partial charge is 0.452 e. The molecule has 168 valence electrons. The molecule has 1 aromatic heterocycles. The first kappa shape index (κ1) is 21.5. The van der Waals surface area contributed by atoms with Crippen LogP contribution in [0.15, 0.2) is 71.3 Å². The van der Waals surface area contributed by atoms with Crippen molar-refractivity contribution in [3.8, 4) is 11.4 Å². The zero-order valence-corrected chi connectivity index (χ0v) is 18.6. The van der Waals surface area contributed by atoms with Crippen molar-refractivity contribution in [3.05, 3.63) is 99.9 Å². The fraction of sp³-hybridized carbons (Fsp3) is 0.0800. The van der Waals surface area contributed by atoms with E-state index in [1.807, 2.05) is 19.1 Å². The van der Waals surface area contributed by atoms with Crippen LogP contribution < -0.4 is 4.90 Å². The molecular weight excluding hydrogens is 458 g/mol. The van der Waals surface area contributed by atoms with Crippen LogP contribution >= 0.6 is 11.6 Å². The number of aromatic nitrogens is 2. The zero-order chi connectivity index (χ0) is 23.8. The van der Waals surface area contributed by atoms with Gasteiger partial charge >= 0.3 is 5.97 Å². The van der Waals surface area contributed by atoms with Gasteiger partial charge in [0.25, 0.3) is 17.7 Å². The molecule has 5 rings (SSSR count). The number of hydrogen-bond acceptors (Lipinski definition) is 7. The van der Waals surface area contributed by atoms with Crippen LogP contribution in [0.1, 0.15) is 42.5 Å². The number of para-hydroxylation sites is 1. The Kier molecular flexibility index (Phi) is 5.43. The summed E-state index contributed by atoms with van der Waals surface area (Å²) in [5, 5.41) is 4.45. The highest BCUT2D eigenvalue weighted by molar-refractivity contribution is 6.35. The van der Waals surface area contributed by atoms with E-state index in [1.165, 1.54) is 18.2 Å². The molecule has 0 saturated heterocycles. The third-order valence-corrected chi connectivity index (χ3v) is 5.63. The van der Waals surface area contributed by atoms with Crippen molar-refractivity contribution in [2.75, 3.05) is 4.90 Å². The summed E-state index contributed by atoms with van der Waals surface area (Å²) < 4.78 is 10.4. The Morgan fingerprint density at radius 1 is 1.00 bits per heavy atom. The van der Waals surface area contributed by atoms with E-state index in [4.69, 9.17) is 20.9 Å². The number of carbonyl (C=O) groups excluding carboxylic acids is 3. The quantitative estimate of drug-likeness (QED) is 0.301. The molecule has 2 amide bonds. The predicted molar refractivity (Wildman–Crippen MR) is 123 cm³/mol. The van der Waals surface area contributed by atoms with Gasteiger partial charge in [-0.25, -0.2) is 9.69 Å². The second-order valence-electron chi connectivity index (χ2n) is 7.59. The fourth-order valence-corrected chi connectivity index (χ4v) is 3.77. The summed E-state index contributed by atoms with van der Waals surface area (Å²) in [7, 11) is 0. The molecule has 3 aromatic carbocycles. The minimum absolute atomic E-state index is 0.108. The van der Waals surface area contributed by atoms with Crippen LogP contribution in [0, 0.1) is 6.92 Å². The molecule has 0 atom stereocenters. The van der Waals surface area contributed by atoms with Gasteiger partial charge in [-0.3, -0.25) is 9.59 Å². The number of esters is 1. The van der Waals surface area contributed by atoms with Crippen molar-refractivity contribution in [1.82, 2.24) is 10.1 Å². The average molecular weight is 474 g/mol. The molecule has 2 heterocycles. The molecule has 1 aliphatic heterocycles. The third kappa shape index (κ3) is 3.84. The van der Waals surface area contributed by atoms with Crippen molar-refractivity contribution < 1.29 is 23.6 Å². The first-order valence-electron chi connectivity index (χ1n) is 10.3. The van der Waals surface area contributed by atoms with Gasteiger partial charge in [-0.1, -0.05) is 35.0 Å². The first-order valence-corrected chi connectivity index (χ1v) is 10.6. The lowest BCUT2D eigenvalue weighted by Crippen LogP contribution is -2.29. The Labute approximate surface area is 198 Å². The minimum Gasteiger partial charge on any atom is -0.452 e. The summed E-state index contributed by atoms with van der Waals surface area (Å²) in [5.74, 6) is -1.18. The van der Waals surface area contributed by atoms with Crippen molar-refractivity contribution in [2.24, 2.45) is 0 Å². The van der Waals surface area contributed by atoms with E-state index < -0.39 is 17.8 Å². The lowest BCUT2D eigenvalue weighted by Gasteiger charge is -2.16. The molecule has 0 aliphatic carbocycles. The molecule has 0 N–H and O–H groups in total. The Hall–Kier alpha value is -4.30. The number of imide groups is 1. The van der Waals surface area contributed by atoms with Crippen LogP contribution in [0.4, 0.5) is 5.69 Å². The van der Waals surface area contributed by atoms with Crippen LogP contribution in [0.3, 0.4) is 0 Å². The number of carbonyl (C=O) groups is 3. The molecule has 0 radical (unpaired) electrons. The molecule has 8 nitrogen and oxygen atoms in total. The molecule has 0 fully saturated rings. The van der Waals surface area contributed by atoms with Gasteiger partial charge in [-0.2, -0.15) is 4.98 Å². The van der Waals surface area contributed by atoms with E-state index in [-0.39, 0.29) is 29.2 Å². The van der Waals surface area contributed by atoms with E-state index in [9.17, 15) is 14.4 Å². The van der Waals surface area contributed by atoms with E-state index in [2.05, 4.69) is 10.1 Å². The van der Waals surface area contributed by atoms with Crippen molar-refractivity contribution in [1.29, 1.82) is 0 Å². The average Bonchev–Trinajstić information content (AvgIpc) is 3.41. The SMILES string of the molecule is Cc1ccccc1N1C(=O)c2ccc(C(=O)OCc3nc(-c4ccc(Cl)cc4)no3)cc2C1=O. The summed E-state index contributed by atoms with van der Waals surface area (Å²) in [6, 6.07) is 18.3. The Morgan fingerprint density at radius 2 is 1.74 bits per heavy atom. The number of benzene rings is 3. The van der Waals surface area contributed by atoms with Gasteiger partial charge in [-0.05, 0) is 61.0 Å². The number of hydrogen-bond donors (Lipinski definition) is 0. The molecule has 9 heteroatoms. The zero-order valence-electron chi connectivity index (χ0n) is 17.8. The Morgan fingerprint density at radius 3 is 2.50 bits per heavy atom. The highest BCUT2D eigenvalue weighted by Gasteiger charge is 2.37. The van der Waals surface area contributed by atoms with Crippen LogP contribution in [0.5, 0.6) is 0 Å². The highest BCUT2D eigenvalue weighted by Crippen LogP contribution is 2.31. The lowest BCUT2D eigenvalue weighted by atomic mass is 10.1. The number of aryl methyl sites for hydroxylation is 1. The van der Waals surface area contributed by atoms with Crippen LogP contribution in [0.2, 0.25) is 5.02 Å². The molecule has 4 aromatic rings. The Balaban J connectivity index is 1.31. The lowest BCUT2D eigenvalue weighted by molar-refractivity contribution is 0.0429.